The Balaban J connectivity index is 1.86. The molecule has 7 nitrogen and oxygen atoms in total. The lowest BCUT2D eigenvalue weighted by Gasteiger charge is -2.22. The minimum absolute atomic E-state index is 0.270. The zero-order valence-electron chi connectivity index (χ0n) is 17.2. The first kappa shape index (κ1) is 23.7. The van der Waals surface area contributed by atoms with E-state index >= 15 is 0 Å². The third-order valence-electron chi connectivity index (χ3n) is 4.29. The molecule has 0 aliphatic heterocycles. The summed E-state index contributed by atoms with van der Waals surface area (Å²) in [6.07, 6.45) is 1.01. The van der Waals surface area contributed by atoms with Gasteiger partial charge in [0.25, 0.3) is 0 Å². The Hall–Kier alpha value is -2.94. The van der Waals surface area contributed by atoms with E-state index in [0.717, 1.165) is 10.6 Å². The highest BCUT2D eigenvalue weighted by Gasteiger charge is 2.22. The first-order valence-electron chi connectivity index (χ1n) is 9.31. The Kier molecular flexibility index (Phi) is 7.50. The Bertz CT molecular complexity index is 1230. The number of ether oxygens (including phenoxy) is 2. The van der Waals surface area contributed by atoms with Gasteiger partial charge in [-0.1, -0.05) is 41.4 Å². The van der Waals surface area contributed by atoms with Crippen LogP contribution in [-0.2, 0) is 14.8 Å². The fourth-order valence-electron chi connectivity index (χ4n) is 2.86. The third-order valence-corrected chi connectivity index (χ3v) is 5.90. The molecule has 0 saturated heterocycles. The molecule has 10 heteroatoms. The van der Waals surface area contributed by atoms with Crippen molar-refractivity contribution in [2.45, 2.75) is 0 Å². The smallest absolute Gasteiger partial charge is 0.245 e. The van der Waals surface area contributed by atoms with Crippen LogP contribution in [0, 0.1) is 0 Å². The number of halogens is 2. The topological polar surface area (TPSA) is 84.9 Å². The van der Waals surface area contributed by atoms with Crippen LogP contribution in [0.25, 0.3) is 0 Å². The van der Waals surface area contributed by atoms with Gasteiger partial charge in [0.15, 0.2) is 17.2 Å². The maximum atomic E-state index is 12.8. The quantitative estimate of drug-likeness (QED) is 0.465. The average Bonchev–Trinajstić information content (AvgIpc) is 2.73. The number of anilines is 2. The van der Waals surface area contributed by atoms with Crippen LogP contribution in [-0.4, -0.2) is 34.2 Å². The van der Waals surface area contributed by atoms with E-state index in [1.807, 2.05) is 0 Å². The van der Waals surface area contributed by atoms with Crippen LogP contribution >= 0.6 is 23.2 Å². The van der Waals surface area contributed by atoms with Gasteiger partial charge in [-0.15, -0.1) is 0 Å². The van der Waals surface area contributed by atoms with Crippen LogP contribution in [0.4, 0.5) is 11.4 Å². The van der Waals surface area contributed by atoms with Crippen molar-refractivity contribution in [1.29, 1.82) is 0 Å². The van der Waals surface area contributed by atoms with Crippen LogP contribution in [0.1, 0.15) is 0 Å². The van der Waals surface area contributed by atoms with E-state index in [4.69, 9.17) is 32.7 Å². The summed E-state index contributed by atoms with van der Waals surface area (Å²) in [7, 11) is -2.24. The maximum absolute atomic E-state index is 12.8. The number of sulfonamides is 1. The monoisotopic (exact) mass is 494 g/mol. The van der Waals surface area contributed by atoms with E-state index in [2.05, 4.69) is 5.32 Å². The predicted molar refractivity (Wildman–Crippen MR) is 127 cm³/mol. The summed E-state index contributed by atoms with van der Waals surface area (Å²) in [6, 6.07) is 18.0. The molecule has 0 spiro atoms. The molecule has 0 aliphatic rings. The molecular formula is C22H20Cl2N2O5S. The highest BCUT2D eigenvalue weighted by molar-refractivity contribution is 7.92. The lowest BCUT2D eigenvalue weighted by molar-refractivity contribution is -0.114. The van der Waals surface area contributed by atoms with E-state index in [-0.39, 0.29) is 11.4 Å². The number of carbonyl (C=O) groups is 1. The Morgan fingerprint density at radius 2 is 1.62 bits per heavy atom. The molecule has 0 bridgehead atoms. The fourth-order valence-corrected chi connectivity index (χ4v) is 4.07. The number of rotatable bonds is 8. The first-order valence-corrected chi connectivity index (χ1v) is 11.9. The number of carbonyl (C=O) groups excluding carboxylic acids is 1. The highest BCUT2D eigenvalue weighted by Crippen LogP contribution is 2.36. The van der Waals surface area contributed by atoms with Crippen molar-refractivity contribution in [2.24, 2.45) is 0 Å². The minimum atomic E-state index is -3.76. The fraction of sp³-hybridized carbons (Fsp3) is 0.136. The highest BCUT2D eigenvalue weighted by atomic mass is 35.5. The number of amides is 1. The van der Waals surface area contributed by atoms with E-state index in [1.54, 1.807) is 54.6 Å². The number of benzene rings is 3. The van der Waals surface area contributed by atoms with Gasteiger partial charge in [0.2, 0.25) is 15.9 Å². The standard InChI is InChI=1S/C22H20Cl2N2O5S/c1-30-20-8-3-4-9-21(20)31-19-11-10-16(24)13-18(19)25-22(27)14-26(32(2,28)29)17-7-5-6-15(23)12-17/h3-13H,14H2,1-2H3,(H,25,27). The summed E-state index contributed by atoms with van der Waals surface area (Å²) >= 11 is 12.1. The van der Waals surface area contributed by atoms with Crippen LogP contribution in [0.3, 0.4) is 0 Å². The summed E-state index contributed by atoms with van der Waals surface area (Å²) in [6.45, 7) is -0.472. The molecule has 1 N–H and O–H groups in total. The number of nitrogens with zero attached hydrogens (tertiary/aromatic N) is 1. The molecule has 0 unspecified atom stereocenters. The molecule has 0 aliphatic carbocycles. The lowest BCUT2D eigenvalue weighted by Crippen LogP contribution is -2.37. The number of nitrogens with one attached hydrogen (secondary N) is 1. The van der Waals surface area contributed by atoms with Crippen LogP contribution < -0.4 is 19.1 Å². The van der Waals surface area contributed by atoms with Crippen molar-refractivity contribution in [1.82, 2.24) is 0 Å². The van der Waals surface area contributed by atoms with Gasteiger partial charge in [0.05, 0.1) is 24.7 Å². The summed E-state index contributed by atoms with van der Waals surface area (Å²) in [5.41, 5.74) is 0.541. The van der Waals surface area contributed by atoms with Gasteiger partial charge in [0.1, 0.15) is 6.54 Å². The maximum Gasteiger partial charge on any atom is 0.245 e. The van der Waals surface area contributed by atoms with Crippen molar-refractivity contribution in [2.75, 3.05) is 29.5 Å². The van der Waals surface area contributed by atoms with E-state index in [9.17, 15) is 13.2 Å². The first-order chi connectivity index (χ1) is 15.2. The second kappa shape index (κ2) is 10.1. The van der Waals surface area contributed by atoms with Gasteiger partial charge in [-0.3, -0.25) is 9.10 Å². The number of methoxy groups -OCH3 is 1. The molecular weight excluding hydrogens is 475 g/mol. The molecule has 1 amide bonds. The predicted octanol–water partition coefficient (Wildman–Crippen LogP) is 5.20. The molecule has 0 radical (unpaired) electrons. The molecule has 0 atom stereocenters. The van der Waals surface area contributed by atoms with Crippen LogP contribution in [0.2, 0.25) is 10.0 Å². The third kappa shape index (κ3) is 6.06. The van der Waals surface area contributed by atoms with Crippen LogP contribution in [0.5, 0.6) is 17.2 Å². The minimum Gasteiger partial charge on any atom is -0.493 e. The van der Waals surface area contributed by atoms with Crippen molar-refractivity contribution < 1.29 is 22.7 Å². The van der Waals surface area contributed by atoms with E-state index < -0.39 is 22.5 Å². The molecule has 32 heavy (non-hydrogen) atoms. The number of hydrogen-bond acceptors (Lipinski definition) is 5. The van der Waals surface area contributed by atoms with Gasteiger partial charge in [-0.25, -0.2) is 8.42 Å². The van der Waals surface area contributed by atoms with Crippen molar-refractivity contribution in [3.05, 3.63) is 76.8 Å². The Labute approximate surface area is 196 Å². The van der Waals surface area contributed by atoms with Crippen molar-refractivity contribution in [3.63, 3.8) is 0 Å². The number of hydrogen-bond donors (Lipinski definition) is 1. The second-order valence-electron chi connectivity index (χ2n) is 6.69. The van der Waals surface area contributed by atoms with Gasteiger partial charge in [-0.05, 0) is 48.5 Å². The van der Waals surface area contributed by atoms with Gasteiger partial charge in [-0.2, -0.15) is 0 Å². The molecule has 3 aromatic rings. The molecule has 0 saturated carbocycles. The largest absolute Gasteiger partial charge is 0.493 e. The summed E-state index contributed by atoms with van der Waals surface area (Å²) in [5.74, 6) is 0.650. The summed E-state index contributed by atoms with van der Waals surface area (Å²) in [5, 5.41) is 3.38. The van der Waals surface area contributed by atoms with Gasteiger partial charge < -0.3 is 14.8 Å². The molecule has 0 heterocycles. The molecule has 168 valence electrons. The van der Waals surface area contributed by atoms with E-state index in [1.165, 1.54) is 19.2 Å². The molecule has 3 aromatic carbocycles. The number of para-hydroxylation sites is 2. The average molecular weight is 495 g/mol. The van der Waals surface area contributed by atoms with Crippen LogP contribution in [0.15, 0.2) is 66.7 Å². The SMILES string of the molecule is COc1ccccc1Oc1ccc(Cl)cc1NC(=O)CN(c1cccc(Cl)c1)S(C)(=O)=O. The Morgan fingerprint density at radius 1 is 0.938 bits per heavy atom. The van der Waals surface area contributed by atoms with Gasteiger partial charge in [0, 0.05) is 10.0 Å². The molecule has 0 aromatic heterocycles. The van der Waals surface area contributed by atoms with Crippen molar-refractivity contribution >= 4 is 50.5 Å². The van der Waals surface area contributed by atoms with Gasteiger partial charge >= 0.3 is 0 Å². The summed E-state index contributed by atoms with van der Waals surface area (Å²) in [4.78, 5) is 12.8. The molecule has 3 rings (SSSR count). The van der Waals surface area contributed by atoms with Crippen molar-refractivity contribution in [3.8, 4) is 17.2 Å². The zero-order chi connectivity index (χ0) is 23.3. The van der Waals surface area contributed by atoms with E-state index in [0.29, 0.717) is 27.3 Å². The second-order valence-corrected chi connectivity index (χ2v) is 9.47. The zero-order valence-corrected chi connectivity index (χ0v) is 19.5. The Morgan fingerprint density at radius 3 is 2.28 bits per heavy atom. The molecule has 0 fully saturated rings. The summed E-state index contributed by atoms with van der Waals surface area (Å²) < 4.78 is 36.8. The normalized spacial score (nSPS) is 11.0. The lowest BCUT2D eigenvalue weighted by atomic mass is 10.2.